The zero-order valence-electron chi connectivity index (χ0n) is 17.7. The zero-order chi connectivity index (χ0) is 22.8. The molecule has 0 fully saturated rings. The van der Waals surface area contributed by atoms with Crippen molar-refractivity contribution in [3.05, 3.63) is 56.8 Å². The molecule has 10 heteroatoms. The van der Waals surface area contributed by atoms with Gasteiger partial charge in [0, 0.05) is 6.92 Å². The number of methoxy groups -OCH3 is 3. The minimum absolute atomic E-state index is 0.296. The molecular formula is C22H19N3O6S. The number of ether oxygens (including phenoxy) is 4. The van der Waals surface area contributed by atoms with Gasteiger partial charge in [-0.1, -0.05) is 23.5 Å². The van der Waals surface area contributed by atoms with Gasteiger partial charge in [0.05, 0.1) is 31.4 Å². The molecule has 0 aliphatic heterocycles. The van der Waals surface area contributed by atoms with Crippen molar-refractivity contribution < 1.29 is 23.7 Å². The molecule has 0 aliphatic rings. The summed E-state index contributed by atoms with van der Waals surface area (Å²) in [6.45, 7) is 1.32. The molecule has 4 rings (SSSR count). The number of thiazole rings is 1. The van der Waals surface area contributed by atoms with Crippen LogP contribution in [0.15, 0.2) is 41.2 Å². The maximum atomic E-state index is 12.9. The number of aromatic nitrogens is 3. The molecule has 32 heavy (non-hydrogen) atoms. The molecule has 0 atom stereocenters. The second kappa shape index (κ2) is 8.67. The Morgan fingerprint density at radius 3 is 2.31 bits per heavy atom. The quantitative estimate of drug-likeness (QED) is 0.324. The highest BCUT2D eigenvalue weighted by Crippen LogP contribution is 2.38. The van der Waals surface area contributed by atoms with Crippen molar-refractivity contribution >= 4 is 28.3 Å². The number of hydrogen-bond acceptors (Lipinski definition) is 9. The van der Waals surface area contributed by atoms with E-state index in [1.54, 1.807) is 42.5 Å². The molecule has 0 bridgehead atoms. The molecule has 164 valence electrons. The van der Waals surface area contributed by atoms with Gasteiger partial charge in [0.15, 0.2) is 17.3 Å². The van der Waals surface area contributed by atoms with Gasteiger partial charge >= 0.3 is 5.97 Å². The van der Waals surface area contributed by atoms with E-state index >= 15 is 0 Å². The minimum Gasteiger partial charge on any atom is -0.493 e. The average molecular weight is 453 g/mol. The van der Waals surface area contributed by atoms with Crippen LogP contribution in [-0.4, -0.2) is 41.9 Å². The predicted molar refractivity (Wildman–Crippen MR) is 119 cm³/mol. The molecule has 9 nitrogen and oxygen atoms in total. The number of rotatable bonds is 6. The van der Waals surface area contributed by atoms with Crippen molar-refractivity contribution in [3.8, 4) is 34.4 Å². The standard InChI is InChI=1S/C22H19N3O6S/c1-12(26)31-15-8-6-5-7-14(15)20-23-22-25(24-20)21(27)18(32-22)11-13-9-16(28-2)19(30-4)17(10-13)29-3/h5-11H,1-4H3/b18-11-. The summed E-state index contributed by atoms with van der Waals surface area (Å²) in [7, 11) is 4.58. The molecule has 0 spiro atoms. The lowest BCUT2D eigenvalue weighted by atomic mass is 10.1. The van der Waals surface area contributed by atoms with E-state index in [1.165, 1.54) is 44.1 Å². The highest BCUT2D eigenvalue weighted by molar-refractivity contribution is 7.15. The Morgan fingerprint density at radius 1 is 1.03 bits per heavy atom. The lowest BCUT2D eigenvalue weighted by molar-refractivity contribution is -0.131. The van der Waals surface area contributed by atoms with E-state index in [0.717, 1.165) is 0 Å². The molecule has 0 saturated carbocycles. The number of para-hydroxylation sites is 1. The fraction of sp³-hybridized carbons (Fsp3) is 0.182. The lowest BCUT2D eigenvalue weighted by Crippen LogP contribution is -2.23. The Morgan fingerprint density at radius 2 is 1.72 bits per heavy atom. The second-order valence-corrected chi connectivity index (χ2v) is 7.60. The molecule has 0 radical (unpaired) electrons. The van der Waals surface area contributed by atoms with Crippen molar-refractivity contribution in [2.45, 2.75) is 6.92 Å². The Balaban J connectivity index is 1.79. The first-order valence-electron chi connectivity index (χ1n) is 9.44. The van der Waals surface area contributed by atoms with Crippen LogP contribution in [0.2, 0.25) is 0 Å². The first-order valence-corrected chi connectivity index (χ1v) is 10.3. The maximum Gasteiger partial charge on any atom is 0.308 e. The van der Waals surface area contributed by atoms with Crippen molar-refractivity contribution in [2.24, 2.45) is 0 Å². The first-order chi connectivity index (χ1) is 15.4. The average Bonchev–Trinajstić information content (AvgIpc) is 3.32. The number of hydrogen-bond donors (Lipinski definition) is 0. The number of nitrogens with zero attached hydrogens (tertiary/aromatic N) is 3. The van der Waals surface area contributed by atoms with Gasteiger partial charge in [0.1, 0.15) is 5.75 Å². The van der Waals surface area contributed by atoms with Gasteiger partial charge in [-0.2, -0.15) is 9.50 Å². The molecule has 2 aromatic heterocycles. The SMILES string of the molecule is COc1cc(/C=c2\sc3nc(-c4ccccc4OC(C)=O)nn3c2=O)cc(OC)c1OC. The van der Waals surface area contributed by atoms with E-state index in [9.17, 15) is 9.59 Å². The van der Waals surface area contributed by atoms with E-state index in [1.807, 2.05) is 0 Å². The van der Waals surface area contributed by atoms with E-state index in [-0.39, 0.29) is 5.56 Å². The van der Waals surface area contributed by atoms with Crippen LogP contribution in [-0.2, 0) is 4.79 Å². The first kappa shape index (κ1) is 21.3. The topological polar surface area (TPSA) is 101 Å². The van der Waals surface area contributed by atoms with E-state index < -0.39 is 5.97 Å². The fourth-order valence-electron chi connectivity index (χ4n) is 3.18. The molecule has 0 aliphatic carbocycles. The van der Waals surface area contributed by atoms with Crippen LogP contribution in [0.4, 0.5) is 0 Å². The van der Waals surface area contributed by atoms with E-state index in [2.05, 4.69) is 10.1 Å². The molecule has 0 amide bonds. The fourth-order valence-corrected chi connectivity index (χ4v) is 4.09. The molecular weight excluding hydrogens is 434 g/mol. The molecule has 0 unspecified atom stereocenters. The van der Waals surface area contributed by atoms with Gasteiger partial charge in [0.2, 0.25) is 10.7 Å². The largest absolute Gasteiger partial charge is 0.493 e. The molecule has 2 heterocycles. The number of benzene rings is 2. The third kappa shape index (κ3) is 3.87. The van der Waals surface area contributed by atoms with Gasteiger partial charge in [0.25, 0.3) is 5.56 Å². The van der Waals surface area contributed by atoms with Gasteiger partial charge in [-0.15, -0.1) is 5.10 Å². The highest BCUT2D eigenvalue weighted by atomic mass is 32.1. The van der Waals surface area contributed by atoms with Crippen LogP contribution in [0, 0.1) is 0 Å². The third-order valence-electron chi connectivity index (χ3n) is 4.55. The third-order valence-corrected chi connectivity index (χ3v) is 5.51. The van der Waals surface area contributed by atoms with E-state index in [4.69, 9.17) is 18.9 Å². The number of carbonyl (C=O) groups excluding carboxylic acids is 1. The molecule has 0 N–H and O–H groups in total. The highest BCUT2D eigenvalue weighted by Gasteiger charge is 2.17. The Bertz CT molecular complexity index is 1400. The van der Waals surface area contributed by atoms with Crippen LogP contribution >= 0.6 is 11.3 Å². The van der Waals surface area contributed by atoms with Crippen molar-refractivity contribution in [2.75, 3.05) is 21.3 Å². The molecule has 4 aromatic rings. The Kier molecular flexibility index (Phi) is 5.78. The van der Waals surface area contributed by atoms with Gasteiger partial charge in [-0.05, 0) is 35.9 Å². The van der Waals surface area contributed by atoms with Crippen molar-refractivity contribution in [3.63, 3.8) is 0 Å². The Labute approximate surface area is 186 Å². The number of carbonyl (C=O) groups is 1. The lowest BCUT2D eigenvalue weighted by Gasteiger charge is -2.12. The normalized spacial score (nSPS) is 11.6. The summed E-state index contributed by atoms with van der Waals surface area (Å²) in [5.74, 6) is 1.60. The van der Waals surface area contributed by atoms with Gasteiger partial charge in [-0.25, -0.2) is 0 Å². The maximum absolute atomic E-state index is 12.9. The second-order valence-electron chi connectivity index (χ2n) is 6.59. The Hall–Kier alpha value is -3.92. The molecule has 2 aromatic carbocycles. The van der Waals surface area contributed by atoms with Crippen LogP contribution in [0.1, 0.15) is 12.5 Å². The summed E-state index contributed by atoms with van der Waals surface area (Å²) in [5, 5.41) is 4.33. The summed E-state index contributed by atoms with van der Waals surface area (Å²) in [6.07, 6.45) is 1.71. The predicted octanol–water partition coefficient (Wildman–Crippen LogP) is 2.32. The summed E-state index contributed by atoms with van der Waals surface area (Å²) >= 11 is 1.19. The summed E-state index contributed by atoms with van der Waals surface area (Å²) in [5.41, 5.74) is 0.900. The van der Waals surface area contributed by atoms with Crippen LogP contribution in [0.3, 0.4) is 0 Å². The van der Waals surface area contributed by atoms with Crippen LogP contribution in [0.5, 0.6) is 23.0 Å². The van der Waals surface area contributed by atoms with Crippen LogP contribution in [0.25, 0.3) is 22.4 Å². The molecule has 0 saturated heterocycles. The monoisotopic (exact) mass is 453 g/mol. The van der Waals surface area contributed by atoms with Crippen molar-refractivity contribution in [1.82, 2.24) is 14.6 Å². The number of esters is 1. The minimum atomic E-state index is -0.454. The van der Waals surface area contributed by atoms with E-state index in [0.29, 0.717) is 49.4 Å². The summed E-state index contributed by atoms with van der Waals surface area (Å²) in [6, 6.07) is 10.4. The summed E-state index contributed by atoms with van der Waals surface area (Å²) in [4.78, 5) is 29.2. The van der Waals surface area contributed by atoms with Gasteiger partial charge in [-0.3, -0.25) is 9.59 Å². The smallest absolute Gasteiger partial charge is 0.308 e. The summed E-state index contributed by atoms with van der Waals surface area (Å²) < 4.78 is 23.0. The zero-order valence-corrected chi connectivity index (χ0v) is 18.6. The van der Waals surface area contributed by atoms with Crippen LogP contribution < -0.4 is 29.0 Å². The van der Waals surface area contributed by atoms with Gasteiger partial charge < -0.3 is 18.9 Å². The number of fused-ring (bicyclic) bond motifs is 1. The van der Waals surface area contributed by atoms with Crippen molar-refractivity contribution in [1.29, 1.82) is 0 Å².